The molecule has 0 spiro atoms. The average Bonchev–Trinajstić information content (AvgIpc) is 2.28. The smallest absolute Gasteiger partial charge is 0.417 e. The van der Waals surface area contributed by atoms with E-state index in [0.29, 0.717) is 5.75 Å². The molecule has 3 nitrogen and oxygen atoms in total. The van der Waals surface area contributed by atoms with Crippen molar-refractivity contribution in [1.29, 1.82) is 0 Å². The highest BCUT2D eigenvalue weighted by molar-refractivity contribution is 5.84. The van der Waals surface area contributed by atoms with Crippen LogP contribution in [0.15, 0.2) is 23.0 Å². The number of ether oxygens (including phenoxy) is 1. The zero-order chi connectivity index (χ0) is 13.5. The quantitative estimate of drug-likeness (QED) is 0.853. The molecule has 0 unspecified atom stereocenters. The Labute approximate surface area is 100 Å². The Bertz CT molecular complexity index is 659. The molecule has 0 radical (unpaired) electrons. The number of alkyl halides is 3. The van der Waals surface area contributed by atoms with Crippen molar-refractivity contribution in [2.24, 2.45) is 0 Å². The molecule has 0 amide bonds. The lowest BCUT2D eigenvalue weighted by Crippen LogP contribution is -2.19. The summed E-state index contributed by atoms with van der Waals surface area (Å²) in [5.74, 6) is 0.384. The fraction of sp³-hybridized carbons (Fsp3) is 0.250. The lowest BCUT2D eigenvalue weighted by Gasteiger charge is -2.13. The minimum Gasteiger partial charge on any atom is -0.497 e. The third-order valence-electron chi connectivity index (χ3n) is 2.74. The van der Waals surface area contributed by atoms with Crippen LogP contribution < -0.4 is 10.3 Å². The second-order valence-corrected chi connectivity index (χ2v) is 3.86. The average molecular weight is 257 g/mol. The molecule has 0 atom stereocenters. The molecule has 1 aromatic heterocycles. The first-order valence-corrected chi connectivity index (χ1v) is 5.12. The van der Waals surface area contributed by atoms with Crippen LogP contribution in [0.3, 0.4) is 0 Å². The largest absolute Gasteiger partial charge is 0.497 e. The Hall–Kier alpha value is -1.98. The van der Waals surface area contributed by atoms with E-state index in [1.54, 1.807) is 0 Å². The molecule has 1 heterocycles. The van der Waals surface area contributed by atoms with E-state index >= 15 is 0 Å². The molecule has 0 aliphatic carbocycles. The zero-order valence-corrected chi connectivity index (χ0v) is 9.68. The van der Waals surface area contributed by atoms with Gasteiger partial charge in [-0.2, -0.15) is 13.2 Å². The first-order valence-electron chi connectivity index (χ1n) is 5.12. The maximum absolute atomic E-state index is 13.0. The standard InChI is InChI=1S/C12H10F3NO2/c1-6-10(12(13,14)15)8-4-3-7(18-2)5-9(8)16-11(6)17/h3-5H,1-2H3,(H,16,17). The predicted molar refractivity (Wildman–Crippen MR) is 60.9 cm³/mol. The number of H-pyrrole nitrogens is 1. The van der Waals surface area contributed by atoms with Gasteiger partial charge in [0.05, 0.1) is 18.2 Å². The van der Waals surface area contributed by atoms with E-state index in [9.17, 15) is 18.0 Å². The van der Waals surface area contributed by atoms with Crippen molar-refractivity contribution < 1.29 is 17.9 Å². The fourth-order valence-corrected chi connectivity index (χ4v) is 1.87. The highest BCUT2D eigenvalue weighted by atomic mass is 19.4. The summed E-state index contributed by atoms with van der Waals surface area (Å²) in [5, 5.41) is -0.0413. The Morgan fingerprint density at radius 2 is 1.94 bits per heavy atom. The van der Waals surface area contributed by atoms with E-state index < -0.39 is 17.3 Å². The van der Waals surface area contributed by atoms with Crippen LogP contribution in [0.2, 0.25) is 0 Å². The van der Waals surface area contributed by atoms with Crippen LogP contribution in [0.1, 0.15) is 11.1 Å². The van der Waals surface area contributed by atoms with E-state index in [-0.39, 0.29) is 16.5 Å². The van der Waals surface area contributed by atoms with Crippen molar-refractivity contribution in [1.82, 2.24) is 4.98 Å². The van der Waals surface area contributed by atoms with Gasteiger partial charge in [0, 0.05) is 17.0 Å². The molecule has 1 N–H and O–H groups in total. The van der Waals surface area contributed by atoms with Gasteiger partial charge in [-0.15, -0.1) is 0 Å². The van der Waals surface area contributed by atoms with Crippen molar-refractivity contribution in [3.05, 3.63) is 39.7 Å². The molecule has 1 aromatic carbocycles. The predicted octanol–water partition coefficient (Wildman–Crippen LogP) is 2.86. The molecule has 0 bridgehead atoms. The SMILES string of the molecule is COc1ccc2c(C(F)(F)F)c(C)c(=O)[nH]c2c1. The van der Waals surface area contributed by atoms with Crippen LogP contribution in [-0.4, -0.2) is 12.1 Å². The highest BCUT2D eigenvalue weighted by Gasteiger charge is 2.35. The Kier molecular flexibility index (Phi) is 2.80. The highest BCUT2D eigenvalue weighted by Crippen LogP contribution is 2.36. The lowest BCUT2D eigenvalue weighted by atomic mass is 10.0. The Morgan fingerprint density at radius 3 is 2.50 bits per heavy atom. The molecular formula is C12H10F3NO2. The molecule has 18 heavy (non-hydrogen) atoms. The Balaban J connectivity index is 2.91. The van der Waals surface area contributed by atoms with Crippen molar-refractivity contribution in [3.63, 3.8) is 0 Å². The number of rotatable bonds is 1. The van der Waals surface area contributed by atoms with Gasteiger partial charge in [0.1, 0.15) is 5.75 Å². The third kappa shape index (κ3) is 1.94. The summed E-state index contributed by atoms with van der Waals surface area (Å²) in [6, 6.07) is 4.08. The summed E-state index contributed by atoms with van der Waals surface area (Å²) >= 11 is 0. The molecular weight excluding hydrogens is 247 g/mol. The van der Waals surface area contributed by atoms with Crippen LogP contribution in [0.25, 0.3) is 10.9 Å². The molecule has 2 aromatic rings. The summed E-state index contributed by atoms with van der Waals surface area (Å²) in [5.41, 5.74) is -1.87. The van der Waals surface area contributed by atoms with E-state index in [1.165, 1.54) is 25.3 Å². The van der Waals surface area contributed by atoms with Crippen LogP contribution >= 0.6 is 0 Å². The number of methoxy groups -OCH3 is 1. The molecule has 0 fully saturated rings. The normalized spacial score (nSPS) is 11.8. The number of nitrogens with one attached hydrogen (secondary N) is 1. The number of hydrogen-bond donors (Lipinski definition) is 1. The van der Waals surface area contributed by atoms with Gasteiger partial charge in [-0.05, 0) is 19.1 Å². The number of halogens is 3. The van der Waals surface area contributed by atoms with Gasteiger partial charge in [-0.1, -0.05) is 0 Å². The molecule has 0 saturated heterocycles. The van der Waals surface area contributed by atoms with Gasteiger partial charge < -0.3 is 9.72 Å². The van der Waals surface area contributed by atoms with Gasteiger partial charge in [0.25, 0.3) is 5.56 Å². The van der Waals surface area contributed by atoms with Crippen molar-refractivity contribution in [2.45, 2.75) is 13.1 Å². The minimum atomic E-state index is -4.56. The summed E-state index contributed by atoms with van der Waals surface area (Å²) in [6.07, 6.45) is -4.56. The van der Waals surface area contributed by atoms with E-state index in [2.05, 4.69) is 4.98 Å². The molecule has 0 saturated carbocycles. The van der Waals surface area contributed by atoms with Crippen LogP contribution in [0.4, 0.5) is 13.2 Å². The third-order valence-corrected chi connectivity index (χ3v) is 2.74. The maximum atomic E-state index is 13.0. The van der Waals surface area contributed by atoms with E-state index in [0.717, 1.165) is 6.92 Å². The summed E-state index contributed by atoms with van der Waals surface area (Å²) in [7, 11) is 1.40. The minimum absolute atomic E-state index is 0.0413. The first-order chi connectivity index (χ1) is 8.34. The van der Waals surface area contributed by atoms with Crippen LogP contribution in [0, 0.1) is 6.92 Å². The number of aromatic amines is 1. The number of hydrogen-bond acceptors (Lipinski definition) is 2. The van der Waals surface area contributed by atoms with Crippen molar-refractivity contribution >= 4 is 10.9 Å². The first kappa shape index (κ1) is 12.5. The van der Waals surface area contributed by atoms with Gasteiger partial charge in [-0.25, -0.2) is 0 Å². The van der Waals surface area contributed by atoms with E-state index in [1.807, 2.05) is 0 Å². The van der Waals surface area contributed by atoms with Gasteiger partial charge in [0.2, 0.25) is 0 Å². The van der Waals surface area contributed by atoms with E-state index in [4.69, 9.17) is 4.74 Å². The Morgan fingerprint density at radius 1 is 1.28 bits per heavy atom. The van der Waals surface area contributed by atoms with Crippen molar-refractivity contribution in [3.8, 4) is 5.75 Å². The monoisotopic (exact) mass is 257 g/mol. The summed E-state index contributed by atoms with van der Waals surface area (Å²) < 4.78 is 43.8. The molecule has 0 aliphatic rings. The number of aromatic nitrogens is 1. The number of benzene rings is 1. The van der Waals surface area contributed by atoms with Gasteiger partial charge in [0.15, 0.2) is 0 Å². The summed E-state index contributed by atoms with van der Waals surface area (Å²) in [6.45, 7) is 1.16. The second kappa shape index (κ2) is 4.04. The topological polar surface area (TPSA) is 42.1 Å². The van der Waals surface area contributed by atoms with Crippen molar-refractivity contribution in [2.75, 3.05) is 7.11 Å². The summed E-state index contributed by atoms with van der Waals surface area (Å²) in [4.78, 5) is 13.9. The van der Waals surface area contributed by atoms with Gasteiger partial charge >= 0.3 is 6.18 Å². The second-order valence-electron chi connectivity index (χ2n) is 3.86. The van der Waals surface area contributed by atoms with Crippen LogP contribution in [0.5, 0.6) is 5.75 Å². The molecule has 0 aliphatic heterocycles. The lowest BCUT2D eigenvalue weighted by molar-refractivity contribution is -0.136. The fourth-order valence-electron chi connectivity index (χ4n) is 1.87. The van der Waals surface area contributed by atoms with Crippen LogP contribution in [-0.2, 0) is 6.18 Å². The maximum Gasteiger partial charge on any atom is 0.417 e. The number of fused-ring (bicyclic) bond motifs is 1. The molecule has 6 heteroatoms. The molecule has 96 valence electrons. The molecule has 2 rings (SSSR count). The van der Waals surface area contributed by atoms with Gasteiger partial charge in [-0.3, -0.25) is 4.79 Å². The number of pyridine rings is 1. The zero-order valence-electron chi connectivity index (χ0n) is 9.68.